The number of ether oxygens (including phenoxy) is 4. The van der Waals surface area contributed by atoms with Gasteiger partial charge in [0.2, 0.25) is 0 Å². The predicted octanol–water partition coefficient (Wildman–Crippen LogP) is 5.02. The van der Waals surface area contributed by atoms with Crippen molar-refractivity contribution in [3.63, 3.8) is 0 Å². The van der Waals surface area contributed by atoms with Crippen LogP contribution in [0.5, 0.6) is 23.0 Å². The van der Waals surface area contributed by atoms with E-state index in [1.807, 2.05) is 0 Å². The minimum absolute atomic E-state index is 0.165. The number of anilines is 1. The van der Waals surface area contributed by atoms with Crippen LogP contribution in [-0.2, 0) is 4.79 Å². The van der Waals surface area contributed by atoms with Crippen molar-refractivity contribution in [1.29, 1.82) is 0 Å². The van der Waals surface area contributed by atoms with Crippen LogP contribution >= 0.6 is 0 Å². The number of alkyl halides is 3. The SMILES string of the molecule is COc1cc(OC)c(OC)cc1C=C(NC(=O)c1ccccc1)C(=O)Nc1ccc(OC(F)(F)F)cc1. The van der Waals surface area contributed by atoms with Crippen LogP contribution in [0.2, 0.25) is 0 Å². The Morgan fingerprint density at radius 1 is 0.811 bits per heavy atom. The van der Waals surface area contributed by atoms with Crippen LogP contribution < -0.4 is 29.6 Å². The summed E-state index contributed by atoms with van der Waals surface area (Å²) < 4.78 is 57.1. The molecule has 0 fully saturated rings. The summed E-state index contributed by atoms with van der Waals surface area (Å²) in [6, 6.07) is 15.9. The van der Waals surface area contributed by atoms with Crippen molar-refractivity contribution >= 4 is 23.6 Å². The highest BCUT2D eigenvalue weighted by molar-refractivity contribution is 6.10. The van der Waals surface area contributed by atoms with Crippen molar-refractivity contribution in [1.82, 2.24) is 5.32 Å². The third-order valence-electron chi connectivity index (χ3n) is 4.91. The summed E-state index contributed by atoms with van der Waals surface area (Å²) in [5.41, 5.74) is 0.676. The minimum atomic E-state index is -4.85. The highest BCUT2D eigenvalue weighted by atomic mass is 19.4. The number of benzene rings is 3. The molecular weight excluding hydrogens is 493 g/mol. The van der Waals surface area contributed by atoms with Gasteiger partial charge < -0.3 is 29.6 Å². The number of carbonyl (C=O) groups is 2. The zero-order valence-corrected chi connectivity index (χ0v) is 20.0. The molecule has 0 bridgehead atoms. The van der Waals surface area contributed by atoms with E-state index in [4.69, 9.17) is 14.2 Å². The second kappa shape index (κ2) is 11.8. The van der Waals surface area contributed by atoms with E-state index >= 15 is 0 Å². The first-order valence-corrected chi connectivity index (χ1v) is 10.7. The first kappa shape index (κ1) is 26.9. The molecule has 8 nitrogen and oxygen atoms in total. The lowest BCUT2D eigenvalue weighted by Gasteiger charge is -2.15. The summed E-state index contributed by atoms with van der Waals surface area (Å²) >= 11 is 0. The van der Waals surface area contributed by atoms with Crippen molar-refractivity contribution < 1.29 is 41.7 Å². The van der Waals surface area contributed by atoms with E-state index < -0.39 is 23.9 Å². The Kier molecular flexibility index (Phi) is 8.62. The third-order valence-corrected chi connectivity index (χ3v) is 4.91. The van der Waals surface area contributed by atoms with Gasteiger partial charge in [0.05, 0.1) is 21.3 Å². The molecule has 0 saturated heterocycles. The lowest BCUT2D eigenvalue weighted by molar-refractivity contribution is -0.274. The summed E-state index contributed by atoms with van der Waals surface area (Å²) in [5.74, 6) is -0.693. The van der Waals surface area contributed by atoms with E-state index in [0.717, 1.165) is 12.1 Å². The molecule has 0 radical (unpaired) electrons. The first-order chi connectivity index (χ1) is 17.6. The van der Waals surface area contributed by atoms with Gasteiger partial charge in [-0.2, -0.15) is 0 Å². The van der Waals surface area contributed by atoms with Crippen LogP contribution in [0.4, 0.5) is 18.9 Å². The van der Waals surface area contributed by atoms with E-state index in [1.54, 1.807) is 42.5 Å². The molecular formula is C26H23F3N2O6. The predicted molar refractivity (Wildman–Crippen MR) is 130 cm³/mol. The molecule has 0 unspecified atom stereocenters. The van der Waals surface area contributed by atoms with E-state index in [0.29, 0.717) is 28.4 Å². The summed E-state index contributed by atoms with van der Waals surface area (Å²) in [6.45, 7) is 0. The normalized spacial score (nSPS) is 11.4. The Morgan fingerprint density at radius 2 is 1.41 bits per heavy atom. The summed E-state index contributed by atoms with van der Waals surface area (Å²) in [7, 11) is 4.32. The topological polar surface area (TPSA) is 95.1 Å². The number of hydrogen-bond donors (Lipinski definition) is 2. The smallest absolute Gasteiger partial charge is 0.496 e. The molecule has 194 valence electrons. The van der Waals surface area contributed by atoms with Gasteiger partial charge in [0.25, 0.3) is 11.8 Å². The van der Waals surface area contributed by atoms with Crippen LogP contribution in [0.1, 0.15) is 15.9 Å². The van der Waals surface area contributed by atoms with Crippen molar-refractivity contribution in [3.05, 3.63) is 83.6 Å². The molecule has 0 aromatic heterocycles. The maximum absolute atomic E-state index is 13.2. The summed E-state index contributed by atoms with van der Waals surface area (Å²) in [6.07, 6.45) is -3.47. The number of carbonyl (C=O) groups excluding carboxylic acids is 2. The molecule has 37 heavy (non-hydrogen) atoms. The molecule has 2 amide bonds. The van der Waals surface area contributed by atoms with Crippen molar-refractivity contribution in [3.8, 4) is 23.0 Å². The average Bonchev–Trinajstić information content (AvgIpc) is 2.88. The lowest BCUT2D eigenvalue weighted by Crippen LogP contribution is -2.30. The molecule has 0 aliphatic rings. The largest absolute Gasteiger partial charge is 0.573 e. The number of rotatable bonds is 9. The van der Waals surface area contributed by atoms with E-state index in [-0.39, 0.29) is 11.4 Å². The Labute approximate surface area is 210 Å². The fourth-order valence-corrected chi connectivity index (χ4v) is 3.20. The number of halogens is 3. The molecule has 11 heteroatoms. The Bertz CT molecular complexity index is 1280. The van der Waals surface area contributed by atoms with Gasteiger partial charge in [-0.15, -0.1) is 13.2 Å². The first-order valence-electron chi connectivity index (χ1n) is 10.7. The molecule has 0 saturated carbocycles. The third kappa shape index (κ3) is 7.40. The van der Waals surface area contributed by atoms with E-state index in [1.165, 1.54) is 39.5 Å². The average molecular weight is 516 g/mol. The summed E-state index contributed by atoms with van der Waals surface area (Å²) in [5, 5.41) is 5.11. The number of nitrogens with one attached hydrogen (secondary N) is 2. The lowest BCUT2D eigenvalue weighted by atomic mass is 10.1. The fraction of sp³-hybridized carbons (Fsp3) is 0.154. The summed E-state index contributed by atoms with van der Waals surface area (Å²) in [4.78, 5) is 26.0. The molecule has 0 heterocycles. The van der Waals surface area contributed by atoms with Gasteiger partial charge in [-0.1, -0.05) is 18.2 Å². The Morgan fingerprint density at radius 3 is 1.97 bits per heavy atom. The highest BCUT2D eigenvalue weighted by Gasteiger charge is 2.31. The second-order valence-electron chi connectivity index (χ2n) is 7.35. The van der Waals surface area contributed by atoms with Gasteiger partial charge in [-0.25, -0.2) is 0 Å². The van der Waals surface area contributed by atoms with Gasteiger partial charge in [-0.05, 0) is 48.5 Å². The van der Waals surface area contributed by atoms with Crippen LogP contribution in [0.25, 0.3) is 6.08 Å². The van der Waals surface area contributed by atoms with Crippen molar-refractivity contribution in [2.75, 3.05) is 26.6 Å². The van der Waals surface area contributed by atoms with E-state index in [9.17, 15) is 22.8 Å². The van der Waals surface area contributed by atoms with Crippen LogP contribution in [-0.4, -0.2) is 39.5 Å². The van der Waals surface area contributed by atoms with Crippen LogP contribution in [0.3, 0.4) is 0 Å². The maximum atomic E-state index is 13.2. The standard InChI is InChI=1S/C26H23F3N2O6/c1-34-21-15-23(36-3)22(35-2)14-17(21)13-20(31-24(32)16-7-5-4-6-8-16)25(33)30-18-9-11-19(12-10-18)37-26(27,28)29/h4-15H,1-3H3,(H,30,33)(H,31,32). The molecule has 3 rings (SSSR count). The monoisotopic (exact) mass is 516 g/mol. The van der Waals surface area contributed by atoms with Gasteiger partial charge in [-0.3, -0.25) is 9.59 Å². The molecule has 3 aromatic carbocycles. The van der Waals surface area contributed by atoms with Gasteiger partial charge in [0.1, 0.15) is 17.2 Å². The van der Waals surface area contributed by atoms with E-state index in [2.05, 4.69) is 15.4 Å². The Balaban J connectivity index is 1.96. The molecule has 3 aromatic rings. The van der Waals surface area contributed by atoms with Crippen LogP contribution in [0, 0.1) is 0 Å². The zero-order chi connectivity index (χ0) is 27.0. The maximum Gasteiger partial charge on any atom is 0.573 e. The molecule has 0 aliphatic carbocycles. The second-order valence-corrected chi connectivity index (χ2v) is 7.35. The van der Waals surface area contributed by atoms with Gasteiger partial charge >= 0.3 is 6.36 Å². The van der Waals surface area contributed by atoms with Gasteiger partial charge in [0, 0.05) is 22.9 Å². The number of hydrogen-bond acceptors (Lipinski definition) is 6. The number of amides is 2. The van der Waals surface area contributed by atoms with Crippen molar-refractivity contribution in [2.24, 2.45) is 0 Å². The fourth-order valence-electron chi connectivity index (χ4n) is 3.20. The van der Waals surface area contributed by atoms with Crippen molar-refractivity contribution in [2.45, 2.75) is 6.36 Å². The number of methoxy groups -OCH3 is 3. The minimum Gasteiger partial charge on any atom is -0.496 e. The molecule has 0 aliphatic heterocycles. The quantitative estimate of drug-likeness (QED) is 0.388. The van der Waals surface area contributed by atoms with Gasteiger partial charge in [0.15, 0.2) is 11.5 Å². The molecule has 0 spiro atoms. The Hall–Kier alpha value is -4.67. The molecule has 0 atom stereocenters. The zero-order valence-electron chi connectivity index (χ0n) is 20.0. The van der Waals surface area contributed by atoms with Crippen LogP contribution in [0.15, 0.2) is 72.4 Å². The molecule has 2 N–H and O–H groups in total. The highest BCUT2D eigenvalue weighted by Crippen LogP contribution is 2.35.